The lowest BCUT2D eigenvalue weighted by Gasteiger charge is -2.25. The van der Waals surface area contributed by atoms with E-state index in [0.29, 0.717) is 0 Å². The van der Waals surface area contributed by atoms with Crippen LogP contribution in [0.5, 0.6) is 0 Å². The fraction of sp³-hybridized carbons (Fsp3) is 0.800. The van der Waals surface area contributed by atoms with Gasteiger partial charge in [-0.25, -0.2) is 4.98 Å². The van der Waals surface area contributed by atoms with Gasteiger partial charge in [0.15, 0.2) is 5.13 Å². The normalized spacial score (nSPS) is 27.0. The molecule has 1 N–H and O–H groups in total. The average Bonchev–Trinajstić information content (AvgIpc) is 2.97. The van der Waals surface area contributed by atoms with E-state index in [1.165, 1.54) is 42.2 Å². The summed E-state index contributed by atoms with van der Waals surface area (Å²) >= 11 is 1.86. The van der Waals surface area contributed by atoms with E-state index >= 15 is 0 Å². The van der Waals surface area contributed by atoms with Crippen LogP contribution in [0.25, 0.3) is 0 Å². The average molecular weight is 294 g/mol. The maximum Gasteiger partial charge on any atom is 0.185 e. The minimum Gasteiger partial charge on any atom is -0.346 e. The number of hydrogen-bond acceptors (Lipinski definition) is 5. The number of nitrogens with one attached hydrogen (secondary N) is 1. The summed E-state index contributed by atoms with van der Waals surface area (Å²) in [6, 6.07) is 1.53. The molecule has 2 saturated heterocycles. The molecule has 2 aliphatic rings. The zero-order valence-electron chi connectivity index (χ0n) is 12.6. The zero-order valence-corrected chi connectivity index (χ0v) is 13.5. The number of thiazole rings is 1. The molecule has 2 unspecified atom stereocenters. The maximum absolute atomic E-state index is 4.65. The Balaban J connectivity index is 1.61. The zero-order chi connectivity index (χ0) is 13.9. The Morgan fingerprint density at radius 1 is 1.35 bits per heavy atom. The number of nitrogens with zero attached hydrogens (tertiary/aromatic N) is 3. The van der Waals surface area contributed by atoms with Gasteiger partial charge < -0.3 is 10.2 Å². The molecule has 1 aromatic heterocycles. The van der Waals surface area contributed by atoms with Gasteiger partial charge >= 0.3 is 0 Å². The summed E-state index contributed by atoms with van der Waals surface area (Å²) in [4.78, 5) is 11.1. The van der Waals surface area contributed by atoms with Gasteiger partial charge in [0.1, 0.15) is 0 Å². The Morgan fingerprint density at radius 2 is 2.20 bits per heavy atom. The molecule has 2 bridgehead atoms. The van der Waals surface area contributed by atoms with Gasteiger partial charge in [-0.15, -0.1) is 11.3 Å². The van der Waals surface area contributed by atoms with Crippen LogP contribution in [0.1, 0.15) is 37.5 Å². The molecule has 0 aromatic carbocycles. The molecule has 5 heteroatoms. The lowest BCUT2D eigenvalue weighted by atomic mass is 10.1. The molecule has 2 aliphatic heterocycles. The van der Waals surface area contributed by atoms with Gasteiger partial charge in [-0.05, 0) is 39.3 Å². The van der Waals surface area contributed by atoms with E-state index in [1.54, 1.807) is 0 Å². The molecule has 2 fully saturated rings. The second kappa shape index (κ2) is 6.41. The van der Waals surface area contributed by atoms with Gasteiger partial charge in [-0.2, -0.15) is 0 Å². The Morgan fingerprint density at radius 3 is 3.05 bits per heavy atom. The molecule has 3 heterocycles. The SMILES string of the molecule is CCCNCc1cnc(N2CCC3CCC(C2)N3C)s1. The predicted octanol–water partition coefficient (Wildman–Crippen LogP) is 2.32. The predicted molar refractivity (Wildman–Crippen MR) is 85.5 cm³/mol. The number of hydrogen-bond donors (Lipinski definition) is 1. The highest BCUT2D eigenvalue weighted by Gasteiger charge is 2.35. The number of rotatable bonds is 5. The molecule has 0 spiro atoms. The van der Waals surface area contributed by atoms with E-state index in [-0.39, 0.29) is 0 Å². The molecular weight excluding hydrogens is 268 g/mol. The second-order valence-electron chi connectivity index (χ2n) is 6.07. The number of aromatic nitrogens is 1. The van der Waals surface area contributed by atoms with Crippen LogP contribution in [-0.2, 0) is 6.54 Å². The summed E-state index contributed by atoms with van der Waals surface area (Å²) in [6.07, 6.45) is 7.27. The molecule has 112 valence electrons. The topological polar surface area (TPSA) is 31.4 Å². The van der Waals surface area contributed by atoms with E-state index in [1.807, 2.05) is 11.3 Å². The lowest BCUT2D eigenvalue weighted by molar-refractivity contribution is 0.254. The first-order chi connectivity index (χ1) is 9.78. The quantitative estimate of drug-likeness (QED) is 0.845. The summed E-state index contributed by atoms with van der Waals surface area (Å²) in [7, 11) is 2.30. The van der Waals surface area contributed by atoms with Gasteiger partial charge in [0.2, 0.25) is 0 Å². The second-order valence-corrected chi connectivity index (χ2v) is 7.16. The third-order valence-corrected chi connectivity index (χ3v) is 5.74. The first-order valence-corrected chi connectivity index (χ1v) is 8.72. The fourth-order valence-corrected chi connectivity index (χ4v) is 4.31. The summed E-state index contributed by atoms with van der Waals surface area (Å²) in [5.74, 6) is 0. The highest BCUT2D eigenvalue weighted by atomic mass is 32.1. The largest absolute Gasteiger partial charge is 0.346 e. The van der Waals surface area contributed by atoms with Crippen molar-refractivity contribution >= 4 is 16.5 Å². The summed E-state index contributed by atoms with van der Waals surface area (Å²) < 4.78 is 0. The minimum absolute atomic E-state index is 0.730. The summed E-state index contributed by atoms with van der Waals surface area (Å²) in [5.41, 5.74) is 0. The third kappa shape index (κ3) is 3.00. The van der Waals surface area contributed by atoms with Crippen molar-refractivity contribution in [2.75, 3.05) is 31.6 Å². The van der Waals surface area contributed by atoms with Crippen LogP contribution in [0.15, 0.2) is 6.20 Å². The van der Waals surface area contributed by atoms with Crippen molar-refractivity contribution in [2.45, 2.75) is 51.2 Å². The van der Waals surface area contributed by atoms with Crippen LogP contribution in [0.4, 0.5) is 5.13 Å². The molecule has 0 aliphatic carbocycles. The van der Waals surface area contributed by atoms with Crippen LogP contribution in [-0.4, -0.2) is 48.6 Å². The van der Waals surface area contributed by atoms with Crippen molar-refractivity contribution in [3.8, 4) is 0 Å². The Bertz CT molecular complexity index is 433. The van der Waals surface area contributed by atoms with E-state index in [2.05, 4.69) is 40.3 Å². The van der Waals surface area contributed by atoms with Crippen molar-refractivity contribution in [1.29, 1.82) is 0 Å². The van der Waals surface area contributed by atoms with Crippen LogP contribution < -0.4 is 10.2 Å². The van der Waals surface area contributed by atoms with Crippen molar-refractivity contribution in [3.63, 3.8) is 0 Å². The van der Waals surface area contributed by atoms with E-state index in [4.69, 9.17) is 0 Å². The van der Waals surface area contributed by atoms with E-state index in [0.717, 1.165) is 31.7 Å². The summed E-state index contributed by atoms with van der Waals surface area (Å²) in [6.45, 7) is 6.58. The van der Waals surface area contributed by atoms with Crippen LogP contribution >= 0.6 is 11.3 Å². The van der Waals surface area contributed by atoms with Crippen LogP contribution in [0, 0.1) is 0 Å². The molecule has 1 aromatic rings. The van der Waals surface area contributed by atoms with Crippen molar-refractivity contribution in [1.82, 2.24) is 15.2 Å². The standard InChI is InChI=1S/C15H26N4S/c1-3-7-16-9-14-10-17-15(20-14)19-8-6-12-4-5-13(11-19)18(12)2/h10,12-13,16H,3-9,11H2,1-2H3. The number of likely N-dealkylation sites (N-methyl/N-ethyl adjacent to an activating group) is 1. The monoisotopic (exact) mass is 294 g/mol. The van der Waals surface area contributed by atoms with E-state index in [9.17, 15) is 0 Å². The van der Waals surface area contributed by atoms with Crippen LogP contribution in [0.3, 0.4) is 0 Å². The molecule has 0 amide bonds. The minimum atomic E-state index is 0.730. The first kappa shape index (κ1) is 14.3. The third-order valence-electron chi connectivity index (χ3n) is 4.69. The van der Waals surface area contributed by atoms with Crippen molar-refractivity contribution < 1.29 is 0 Å². The van der Waals surface area contributed by atoms with Gasteiger partial charge in [0.25, 0.3) is 0 Å². The molecule has 4 nitrogen and oxygen atoms in total. The smallest absolute Gasteiger partial charge is 0.185 e. The van der Waals surface area contributed by atoms with Gasteiger partial charge in [-0.3, -0.25) is 4.90 Å². The maximum atomic E-state index is 4.65. The lowest BCUT2D eigenvalue weighted by Crippen LogP contribution is -2.36. The van der Waals surface area contributed by atoms with Crippen molar-refractivity contribution in [3.05, 3.63) is 11.1 Å². The highest BCUT2D eigenvalue weighted by Crippen LogP contribution is 2.32. The molecular formula is C15H26N4S. The number of anilines is 1. The van der Waals surface area contributed by atoms with Crippen molar-refractivity contribution in [2.24, 2.45) is 0 Å². The Hall–Kier alpha value is -0.650. The Kier molecular flexibility index (Phi) is 4.58. The van der Waals surface area contributed by atoms with Crippen LogP contribution in [0.2, 0.25) is 0 Å². The molecule has 0 radical (unpaired) electrons. The molecule has 20 heavy (non-hydrogen) atoms. The molecule has 3 rings (SSSR count). The van der Waals surface area contributed by atoms with Gasteiger partial charge in [-0.1, -0.05) is 6.92 Å². The Labute approximate surface area is 126 Å². The highest BCUT2D eigenvalue weighted by molar-refractivity contribution is 7.15. The number of fused-ring (bicyclic) bond motifs is 2. The van der Waals surface area contributed by atoms with Gasteiger partial charge in [0.05, 0.1) is 0 Å². The molecule has 0 saturated carbocycles. The van der Waals surface area contributed by atoms with E-state index < -0.39 is 0 Å². The first-order valence-electron chi connectivity index (χ1n) is 7.90. The summed E-state index contributed by atoms with van der Waals surface area (Å²) in [5, 5.41) is 4.68. The fourth-order valence-electron chi connectivity index (χ4n) is 3.40. The molecule has 2 atom stereocenters. The van der Waals surface area contributed by atoms with Gasteiger partial charge in [0, 0.05) is 42.8 Å².